The zero-order valence-electron chi connectivity index (χ0n) is 15.5. The van der Waals surface area contributed by atoms with E-state index >= 15 is 0 Å². The van der Waals surface area contributed by atoms with Crippen LogP contribution in [0.3, 0.4) is 0 Å². The Bertz CT molecular complexity index is 982. The average molecular weight is 385 g/mol. The minimum Gasteiger partial charge on any atom is -0.497 e. The first-order valence-corrected chi connectivity index (χ1v) is 9.01. The van der Waals surface area contributed by atoms with Crippen molar-refractivity contribution in [1.82, 2.24) is 9.55 Å². The third-order valence-electron chi connectivity index (χ3n) is 4.75. The Labute approximate surface area is 163 Å². The third kappa shape index (κ3) is 3.06. The number of methoxy groups -OCH3 is 1. The lowest BCUT2D eigenvalue weighted by atomic mass is 10.1. The van der Waals surface area contributed by atoms with Crippen LogP contribution < -0.4 is 14.5 Å². The Kier molecular flexibility index (Phi) is 4.36. The molecule has 2 aromatic carbocycles. The molecule has 1 aliphatic heterocycles. The van der Waals surface area contributed by atoms with Crippen LogP contribution >= 0.6 is 11.6 Å². The van der Waals surface area contributed by atoms with Crippen molar-refractivity contribution < 1.29 is 9.84 Å². The van der Waals surface area contributed by atoms with Gasteiger partial charge < -0.3 is 19.6 Å². The Balaban J connectivity index is 1.78. The summed E-state index contributed by atoms with van der Waals surface area (Å²) in [6.07, 6.45) is 1.64. The van der Waals surface area contributed by atoms with Crippen molar-refractivity contribution in [2.45, 2.75) is 13.1 Å². The van der Waals surface area contributed by atoms with Gasteiger partial charge in [-0.1, -0.05) is 23.7 Å². The summed E-state index contributed by atoms with van der Waals surface area (Å²) in [4.78, 5) is 8.49. The fourth-order valence-electron chi connectivity index (χ4n) is 3.56. The van der Waals surface area contributed by atoms with Crippen LogP contribution in [-0.2, 0) is 13.1 Å². The van der Waals surface area contributed by atoms with Gasteiger partial charge in [0.2, 0.25) is 11.8 Å². The van der Waals surface area contributed by atoms with Gasteiger partial charge in [0.25, 0.3) is 0 Å². The van der Waals surface area contributed by atoms with Crippen molar-refractivity contribution in [3.8, 4) is 17.3 Å². The highest BCUT2D eigenvalue weighted by molar-refractivity contribution is 6.33. The van der Waals surface area contributed by atoms with Crippen molar-refractivity contribution in [2.75, 3.05) is 31.0 Å². The van der Waals surface area contributed by atoms with E-state index in [0.29, 0.717) is 24.1 Å². The number of ether oxygens (including phenoxy) is 1. The Morgan fingerprint density at radius 1 is 1.19 bits per heavy atom. The van der Waals surface area contributed by atoms with Gasteiger partial charge in [0.05, 0.1) is 36.2 Å². The predicted molar refractivity (Wildman–Crippen MR) is 107 cm³/mol. The SMILES string of the molecule is COc1ccc(CN2Cc3c(ccc(Cl)c3N(C)C)-n3cc(O)nc32)cc1. The lowest BCUT2D eigenvalue weighted by Crippen LogP contribution is -2.31. The Morgan fingerprint density at radius 3 is 2.59 bits per heavy atom. The third-order valence-corrected chi connectivity index (χ3v) is 5.06. The number of hydrogen-bond donors (Lipinski definition) is 1. The monoisotopic (exact) mass is 384 g/mol. The molecule has 27 heavy (non-hydrogen) atoms. The van der Waals surface area contributed by atoms with Crippen LogP contribution in [0.4, 0.5) is 11.6 Å². The molecule has 0 saturated heterocycles. The first kappa shape index (κ1) is 17.5. The van der Waals surface area contributed by atoms with Gasteiger partial charge in [0, 0.05) is 26.2 Å². The van der Waals surface area contributed by atoms with Crippen LogP contribution in [0.5, 0.6) is 11.6 Å². The maximum atomic E-state index is 10.0. The number of hydrogen-bond acceptors (Lipinski definition) is 5. The molecule has 0 fully saturated rings. The van der Waals surface area contributed by atoms with Gasteiger partial charge in [0.15, 0.2) is 0 Å². The van der Waals surface area contributed by atoms with Gasteiger partial charge in [-0.25, -0.2) is 0 Å². The number of aromatic nitrogens is 2. The number of benzene rings is 2. The van der Waals surface area contributed by atoms with Crippen LogP contribution in [0.15, 0.2) is 42.6 Å². The molecule has 1 N–H and O–H groups in total. The Morgan fingerprint density at radius 2 is 1.93 bits per heavy atom. The fourth-order valence-corrected chi connectivity index (χ4v) is 3.91. The van der Waals surface area contributed by atoms with E-state index in [1.54, 1.807) is 13.3 Å². The molecule has 0 radical (unpaired) electrons. The van der Waals surface area contributed by atoms with E-state index in [-0.39, 0.29) is 5.88 Å². The summed E-state index contributed by atoms with van der Waals surface area (Å²) >= 11 is 6.48. The molecule has 6 nitrogen and oxygen atoms in total. The highest BCUT2D eigenvalue weighted by Gasteiger charge is 2.28. The summed E-state index contributed by atoms with van der Waals surface area (Å²) in [7, 11) is 5.62. The molecule has 0 amide bonds. The normalized spacial score (nSPS) is 12.5. The molecule has 0 atom stereocenters. The van der Waals surface area contributed by atoms with Crippen LogP contribution in [-0.4, -0.2) is 35.9 Å². The number of fused-ring (bicyclic) bond motifs is 3. The minimum atomic E-state index is -0.000987. The number of halogens is 1. The molecule has 7 heteroatoms. The average Bonchev–Trinajstić information content (AvgIpc) is 3.04. The minimum absolute atomic E-state index is 0.000987. The van der Waals surface area contributed by atoms with Crippen molar-refractivity contribution in [3.63, 3.8) is 0 Å². The highest BCUT2D eigenvalue weighted by atomic mass is 35.5. The van der Waals surface area contributed by atoms with Crippen LogP contribution in [0, 0.1) is 0 Å². The second-order valence-electron chi connectivity index (χ2n) is 6.76. The zero-order valence-corrected chi connectivity index (χ0v) is 16.2. The molecule has 0 aliphatic carbocycles. The fraction of sp³-hybridized carbons (Fsp3) is 0.250. The first-order valence-electron chi connectivity index (χ1n) is 8.63. The number of aromatic hydroxyl groups is 1. The molecule has 1 aromatic heterocycles. The topological polar surface area (TPSA) is 53.8 Å². The van der Waals surface area contributed by atoms with Gasteiger partial charge >= 0.3 is 0 Å². The van der Waals surface area contributed by atoms with Gasteiger partial charge in [-0.05, 0) is 29.8 Å². The van der Waals surface area contributed by atoms with Crippen molar-refractivity contribution >= 4 is 23.2 Å². The molecule has 3 aromatic rings. The molecule has 2 heterocycles. The number of imidazole rings is 1. The summed E-state index contributed by atoms with van der Waals surface area (Å²) in [6.45, 7) is 1.30. The quantitative estimate of drug-likeness (QED) is 0.741. The lowest BCUT2D eigenvalue weighted by molar-refractivity contribution is 0.414. The maximum Gasteiger partial charge on any atom is 0.231 e. The summed E-state index contributed by atoms with van der Waals surface area (Å²) in [6, 6.07) is 11.8. The van der Waals surface area contributed by atoms with E-state index < -0.39 is 0 Å². The van der Waals surface area contributed by atoms with E-state index in [0.717, 1.165) is 28.3 Å². The second kappa shape index (κ2) is 6.70. The van der Waals surface area contributed by atoms with Crippen molar-refractivity contribution in [2.24, 2.45) is 0 Å². The molecule has 0 unspecified atom stereocenters. The Hall–Kier alpha value is -2.86. The van der Waals surface area contributed by atoms with Gasteiger partial charge in [-0.2, -0.15) is 4.98 Å². The smallest absolute Gasteiger partial charge is 0.231 e. The van der Waals surface area contributed by atoms with Gasteiger partial charge in [-0.3, -0.25) is 4.57 Å². The van der Waals surface area contributed by atoms with E-state index in [9.17, 15) is 5.11 Å². The predicted octanol–water partition coefficient (Wildman–Crippen LogP) is 3.83. The molecular weight excluding hydrogens is 364 g/mol. The van der Waals surface area contributed by atoms with Gasteiger partial charge in [-0.15, -0.1) is 0 Å². The van der Waals surface area contributed by atoms with E-state index in [2.05, 4.69) is 9.88 Å². The number of nitrogens with zero attached hydrogens (tertiary/aromatic N) is 4. The van der Waals surface area contributed by atoms with Crippen LogP contribution in [0.2, 0.25) is 5.02 Å². The molecule has 140 valence electrons. The van der Waals surface area contributed by atoms with E-state index in [1.165, 1.54) is 0 Å². The largest absolute Gasteiger partial charge is 0.497 e. The highest BCUT2D eigenvalue weighted by Crippen LogP contribution is 2.40. The molecule has 0 bridgehead atoms. The molecule has 0 saturated carbocycles. The number of rotatable bonds is 4. The standard InChI is InChI=1S/C20H21ClN4O2/c1-23(2)19-15-11-24(10-13-4-6-14(27-3)7-5-13)20-22-18(26)12-25(20)17(15)9-8-16(19)21/h4-9,12,26H,10-11H2,1-3H3. The van der Waals surface area contributed by atoms with Crippen LogP contribution in [0.1, 0.15) is 11.1 Å². The van der Waals surface area contributed by atoms with Crippen LogP contribution in [0.25, 0.3) is 5.69 Å². The second-order valence-corrected chi connectivity index (χ2v) is 7.17. The molecule has 4 rings (SSSR count). The molecule has 0 spiro atoms. The summed E-state index contributed by atoms with van der Waals surface area (Å²) in [5.41, 5.74) is 4.19. The summed E-state index contributed by atoms with van der Waals surface area (Å²) in [5.74, 6) is 1.53. The first-order chi connectivity index (χ1) is 13.0. The van der Waals surface area contributed by atoms with E-state index in [4.69, 9.17) is 16.3 Å². The van der Waals surface area contributed by atoms with Crippen molar-refractivity contribution in [1.29, 1.82) is 0 Å². The maximum absolute atomic E-state index is 10.0. The summed E-state index contributed by atoms with van der Waals surface area (Å²) < 4.78 is 7.15. The van der Waals surface area contributed by atoms with Crippen molar-refractivity contribution in [3.05, 3.63) is 58.7 Å². The zero-order chi connectivity index (χ0) is 19.1. The molecular formula is C20H21ClN4O2. The summed E-state index contributed by atoms with van der Waals surface area (Å²) in [5, 5.41) is 10.7. The molecule has 1 aliphatic rings. The van der Waals surface area contributed by atoms with E-state index in [1.807, 2.05) is 60.0 Å². The number of anilines is 2. The van der Waals surface area contributed by atoms with Gasteiger partial charge in [0.1, 0.15) is 5.75 Å². The lowest BCUT2D eigenvalue weighted by Gasteiger charge is -2.33.